The van der Waals surface area contributed by atoms with E-state index >= 15 is 0 Å². The molecule has 0 radical (unpaired) electrons. The lowest BCUT2D eigenvalue weighted by molar-refractivity contribution is 0.0978. The van der Waals surface area contributed by atoms with Gasteiger partial charge in [-0.1, -0.05) is 60.7 Å². The van der Waals surface area contributed by atoms with Gasteiger partial charge in [0.05, 0.1) is 6.10 Å². The van der Waals surface area contributed by atoms with E-state index in [9.17, 15) is 5.11 Å². The zero-order valence-corrected chi connectivity index (χ0v) is 14.8. The smallest absolute Gasteiger partial charge is 0.0834 e. The molecule has 0 aromatic heterocycles. The highest BCUT2D eigenvalue weighted by Gasteiger charge is 2.37. The van der Waals surface area contributed by atoms with Crippen molar-refractivity contribution < 1.29 is 5.11 Å². The predicted molar refractivity (Wildman–Crippen MR) is 102 cm³/mol. The molecule has 132 valence electrons. The minimum absolute atomic E-state index is 0.217. The van der Waals surface area contributed by atoms with E-state index in [0.29, 0.717) is 12.0 Å². The molecule has 0 unspecified atom stereocenters. The van der Waals surface area contributed by atoms with E-state index < -0.39 is 0 Å². The van der Waals surface area contributed by atoms with Crippen LogP contribution >= 0.6 is 0 Å². The summed E-state index contributed by atoms with van der Waals surface area (Å²) in [7, 11) is 0. The van der Waals surface area contributed by atoms with Crippen LogP contribution in [0.5, 0.6) is 0 Å². The summed E-state index contributed by atoms with van der Waals surface area (Å²) in [4.78, 5) is 4.95. The second-order valence-electron chi connectivity index (χ2n) is 7.47. The maximum atomic E-state index is 10.6. The Balaban J connectivity index is 1.51. The number of nitrogens with zero attached hydrogens (tertiary/aromatic N) is 2. The Morgan fingerprint density at radius 1 is 0.840 bits per heavy atom. The Bertz CT molecular complexity index is 615. The van der Waals surface area contributed by atoms with E-state index in [2.05, 4.69) is 70.5 Å². The van der Waals surface area contributed by atoms with Crippen LogP contribution in [0.1, 0.15) is 29.9 Å². The van der Waals surface area contributed by atoms with Crippen LogP contribution < -0.4 is 0 Å². The summed E-state index contributed by atoms with van der Waals surface area (Å²) in [6.07, 6.45) is 2.34. The van der Waals surface area contributed by atoms with Crippen LogP contribution in [0.15, 0.2) is 60.7 Å². The van der Waals surface area contributed by atoms with Crippen molar-refractivity contribution in [1.82, 2.24) is 9.80 Å². The number of aliphatic hydroxyl groups excluding tert-OH is 1. The lowest BCUT2D eigenvalue weighted by atomic mass is 9.91. The number of likely N-dealkylation sites (tertiary alicyclic amines) is 2. The number of benzene rings is 2. The minimum Gasteiger partial charge on any atom is -0.390 e. The topological polar surface area (TPSA) is 26.7 Å². The molecule has 0 amide bonds. The molecular formula is C22H28N2O. The molecule has 3 nitrogen and oxygen atoms in total. The van der Waals surface area contributed by atoms with Crippen LogP contribution in [0.3, 0.4) is 0 Å². The molecule has 1 N–H and O–H groups in total. The van der Waals surface area contributed by atoms with Crippen molar-refractivity contribution in [3.8, 4) is 0 Å². The molecular weight excluding hydrogens is 308 g/mol. The second kappa shape index (κ2) is 7.69. The molecule has 2 aliphatic rings. The molecule has 0 aliphatic carbocycles. The molecule has 2 aliphatic heterocycles. The van der Waals surface area contributed by atoms with Crippen LogP contribution in [0, 0.1) is 0 Å². The molecule has 4 rings (SSSR count). The zero-order valence-electron chi connectivity index (χ0n) is 14.8. The molecule has 0 saturated carbocycles. The summed E-state index contributed by atoms with van der Waals surface area (Å²) >= 11 is 0. The largest absolute Gasteiger partial charge is 0.390 e. The SMILES string of the molecule is O[C@@H]1CN(CC(c2ccccc2)c2ccccc2)C[C@H]1N1CCCC1. The van der Waals surface area contributed by atoms with Gasteiger partial charge in [-0.2, -0.15) is 0 Å². The van der Waals surface area contributed by atoms with Crippen molar-refractivity contribution in [2.45, 2.75) is 30.9 Å². The number of aliphatic hydroxyl groups is 1. The Kier molecular flexibility index (Phi) is 5.16. The fourth-order valence-electron chi connectivity index (χ4n) is 4.46. The maximum Gasteiger partial charge on any atom is 0.0834 e. The molecule has 2 saturated heterocycles. The van der Waals surface area contributed by atoms with Crippen molar-refractivity contribution in [2.75, 3.05) is 32.7 Å². The highest BCUT2D eigenvalue weighted by atomic mass is 16.3. The first-order valence-corrected chi connectivity index (χ1v) is 9.55. The van der Waals surface area contributed by atoms with Gasteiger partial charge in [0.2, 0.25) is 0 Å². The molecule has 2 fully saturated rings. The first-order valence-electron chi connectivity index (χ1n) is 9.55. The Morgan fingerprint density at radius 2 is 1.40 bits per heavy atom. The number of β-amino-alcohol motifs (C(OH)–C–C–N with tert-alkyl or cyclic N) is 1. The normalized spacial score (nSPS) is 25.0. The summed E-state index contributed by atoms with van der Waals surface area (Å²) in [5, 5.41) is 10.6. The molecule has 2 aromatic carbocycles. The van der Waals surface area contributed by atoms with E-state index in [4.69, 9.17) is 0 Å². The van der Waals surface area contributed by atoms with Gasteiger partial charge in [-0.05, 0) is 37.1 Å². The third kappa shape index (κ3) is 3.79. The van der Waals surface area contributed by atoms with E-state index in [1.54, 1.807) is 0 Å². The van der Waals surface area contributed by atoms with E-state index in [0.717, 1.165) is 32.7 Å². The summed E-state index contributed by atoms with van der Waals surface area (Å²) < 4.78 is 0. The quantitative estimate of drug-likeness (QED) is 0.909. The Morgan fingerprint density at radius 3 is 1.96 bits per heavy atom. The van der Waals surface area contributed by atoms with Gasteiger partial charge < -0.3 is 5.11 Å². The highest BCUT2D eigenvalue weighted by molar-refractivity contribution is 5.32. The van der Waals surface area contributed by atoms with Crippen molar-refractivity contribution in [3.05, 3.63) is 71.8 Å². The molecule has 25 heavy (non-hydrogen) atoms. The summed E-state index contributed by atoms with van der Waals surface area (Å²) in [5.41, 5.74) is 2.71. The lowest BCUT2D eigenvalue weighted by Gasteiger charge is -2.27. The van der Waals surface area contributed by atoms with Gasteiger partial charge in [-0.15, -0.1) is 0 Å². The van der Waals surface area contributed by atoms with Crippen molar-refractivity contribution in [1.29, 1.82) is 0 Å². The number of rotatable bonds is 5. The number of hydrogen-bond donors (Lipinski definition) is 1. The molecule has 3 heteroatoms. The van der Waals surface area contributed by atoms with Crippen LogP contribution in [0.4, 0.5) is 0 Å². The fourth-order valence-corrected chi connectivity index (χ4v) is 4.46. The van der Waals surface area contributed by atoms with Gasteiger partial charge in [0.15, 0.2) is 0 Å². The van der Waals surface area contributed by atoms with Crippen LogP contribution in [-0.4, -0.2) is 59.8 Å². The minimum atomic E-state index is -0.217. The fraction of sp³-hybridized carbons (Fsp3) is 0.455. The second-order valence-corrected chi connectivity index (χ2v) is 7.47. The first kappa shape index (κ1) is 16.8. The van der Waals surface area contributed by atoms with Crippen molar-refractivity contribution in [2.24, 2.45) is 0 Å². The van der Waals surface area contributed by atoms with Crippen LogP contribution in [-0.2, 0) is 0 Å². The summed E-state index contributed by atoms with van der Waals surface area (Å²) in [5.74, 6) is 0.354. The van der Waals surface area contributed by atoms with E-state index in [1.807, 2.05) is 0 Å². The zero-order chi connectivity index (χ0) is 17.1. The highest BCUT2D eigenvalue weighted by Crippen LogP contribution is 2.28. The van der Waals surface area contributed by atoms with Gasteiger partial charge in [0.25, 0.3) is 0 Å². The van der Waals surface area contributed by atoms with Gasteiger partial charge in [0, 0.05) is 31.6 Å². The summed E-state index contributed by atoms with van der Waals surface area (Å²) in [6, 6.07) is 21.9. The van der Waals surface area contributed by atoms with Gasteiger partial charge in [0.1, 0.15) is 0 Å². The standard InChI is InChI=1S/C22H28N2O/c25-22-17-23(16-21(22)24-13-7-8-14-24)15-20(18-9-3-1-4-10-18)19-11-5-2-6-12-19/h1-6,9-12,20-22,25H,7-8,13-17H2/t21-,22-/m1/s1. The molecule has 0 spiro atoms. The predicted octanol–water partition coefficient (Wildman–Crippen LogP) is 2.96. The van der Waals surface area contributed by atoms with Crippen LogP contribution in [0.2, 0.25) is 0 Å². The maximum absolute atomic E-state index is 10.6. The molecule has 2 aromatic rings. The average Bonchev–Trinajstić information content (AvgIpc) is 3.30. The lowest BCUT2D eigenvalue weighted by Crippen LogP contribution is -2.41. The monoisotopic (exact) mass is 336 g/mol. The third-order valence-corrected chi connectivity index (χ3v) is 5.79. The Labute approximate surface area is 150 Å². The van der Waals surface area contributed by atoms with E-state index in [-0.39, 0.29) is 6.10 Å². The first-order chi connectivity index (χ1) is 12.3. The molecule has 2 heterocycles. The van der Waals surface area contributed by atoms with Crippen LogP contribution in [0.25, 0.3) is 0 Å². The van der Waals surface area contributed by atoms with E-state index in [1.165, 1.54) is 24.0 Å². The van der Waals surface area contributed by atoms with Gasteiger partial charge in [-0.25, -0.2) is 0 Å². The molecule has 0 bridgehead atoms. The number of hydrogen-bond acceptors (Lipinski definition) is 3. The average molecular weight is 336 g/mol. The van der Waals surface area contributed by atoms with Gasteiger partial charge in [-0.3, -0.25) is 9.80 Å². The van der Waals surface area contributed by atoms with Crippen molar-refractivity contribution in [3.63, 3.8) is 0 Å². The van der Waals surface area contributed by atoms with Gasteiger partial charge >= 0.3 is 0 Å². The summed E-state index contributed by atoms with van der Waals surface area (Å²) in [6.45, 7) is 5.04. The van der Waals surface area contributed by atoms with Crippen molar-refractivity contribution >= 4 is 0 Å². The Hall–Kier alpha value is -1.68. The third-order valence-electron chi connectivity index (χ3n) is 5.79. The molecule has 2 atom stereocenters.